The van der Waals surface area contributed by atoms with Gasteiger partial charge < -0.3 is 10.6 Å². The minimum absolute atomic E-state index is 0.174. The van der Waals surface area contributed by atoms with E-state index in [1.165, 1.54) is 17.7 Å². The molecule has 0 aromatic heterocycles. The van der Waals surface area contributed by atoms with Crippen LogP contribution in [0.1, 0.15) is 18.9 Å². The van der Waals surface area contributed by atoms with E-state index in [-0.39, 0.29) is 11.9 Å². The van der Waals surface area contributed by atoms with Gasteiger partial charge in [-0.05, 0) is 48.7 Å². The third kappa shape index (κ3) is 4.05. The smallest absolute Gasteiger partial charge is 0.125 e. The SMILES string of the molecule is CCC(N)Cc1ccc(N(C)c2cccc(F)c2)cc1Br. The summed E-state index contributed by atoms with van der Waals surface area (Å²) >= 11 is 3.60. The number of benzene rings is 2. The van der Waals surface area contributed by atoms with Crippen LogP contribution in [0.4, 0.5) is 15.8 Å². The van der Waals surface area contributed by atoms with Crippen LogP contribution in [0.15, 0.2) is 46.9 Å². The van der Waals surface area contributed by atoms with Crippen LogP contribution < -0.4 is 10.6 Å². The van der Waals surface area contributed by atoms with E-state index in [1.54, 1.807) is 6.07 Å². The summed E-state index contributed by atoms with van der Waals surface area (Å²) in [4.78, 5) is 1.96. The molecule has 2 rings (SSSR count). The molecule has 0 radical (unpaired) electrons. The van der Waals surface area contributed by atoms with E-state index in [9.17, 15) is 4.39 Å². The number of hydrogen-bond acceptors (Lipinski definition) is 2. The Labute approximate surface area is 133 Å². The molecule has 2 aromatic carbocycles. The molecule has 0 fully saturated rings. The lowest BCUT2D eigenvalue weighted by Gasteiger charge is -2.21. The first-order valence-electron chi connectivity index (χ1n) is 7.04. The molecule has 2 nitrogen and oxygen atoms in total. The van der Waals surface area contributed by atoms with Crippen LogP contribution in [-0.2, 0) is 6.42 Å². The molecule has 1 unspecified atom stereocenters. The number of rotatable bonds is 5. The summed E-state index contributed by atoms with van der Waals surface area (Å²) in [5.74, 6) is -0.232. The first kappa shape index (κ1) is 16.0. The van der Waals surface area contributed by atoms with Gasteiger partial charge in [-0.15, -0.1) is 0 Å². The van der Waals surface area contributed by atoms with Gasteiger partial charge in [0.25, 0.3) is 0 Å². The minimum Gasteiger partial charge on any atom is -0.345 e. The normalized spacial score (nSPS) is 12.2. The van der Waals surface area contributed by atoms with Crippen LogP contribution in [0, 0.1) is 5.82 Å². The number of anilines is 2. The first-order chi connectivity index (χ1) is 10.0. The molecule has 0 amide bonds. The third-order valence-corrected chi connectivity index (χ3v) is 4.36. The van der Waals surface area contributed by atoms with E-state index >= 15 is 0 Å². The lowest BCUT2D eigenvalue weighted by molar-refractivity contribution is 0.628. The molecule has 1 atom stereocenters. The molecule has 0 bridgehead atoms. The van der Waals surface area contributed by atoms with Gasteiger partial charge in [-0.2, -0.15) is 0 Å². The molecule has 0 aliphatic heterocycles. The van der Waals surface area contributed by atoms with Gasteiger partial charge >= 0.3 is 0 Å². The Morgan fingerprint density at radius 3 is 2.52 bits per heavy atom. The summed E-state index contributed by atoms with van der Waals surface area (Å²) in [6.45, 7) is 2.09. The van der Waals surface area contributed by atoms with Crippen LogP contribution in [0.3, 0.4) is 0 Å². The Hall–Kier alpha value is -1.39. The van der Waals surface area contributed by atoms with Crippen LogP contribution in [0.2, 0.25) is 0 Å². The van der Waals surface area contributed by atoms with E-state index < -0.39 is 0 Å². The average molecular weight is 351 g/mol. The fourth-order valence-electron chi connectivity index (χ4n) is 2.17. The highest BCUT2D eigenvalue weighted by molar-refractivity contribution is 9.10. The molecule has 2 N–H and O–H groups in total. The van der Waals surface area contributed by atoms with Crippen molar-refractivity contribution >= 4 is 27.3 Å². The summed E-state index contributed by atoms with van der Waals surface area (Å²) in [5, 5.41) is 0. The Morgan fingerprint density at radius 2 is 1.90 bits per heavy atom. The van der Waals surface area contributed by atoms with Crippen molar-refractivity contribution in [2.75, 3.05) is 11.9 Å². The summed E-state index contributed by atoms with van der Waals surface area (Å²) in [6.07, 6.45) is 1.80. The molecule has 21 heavy (non-hydrogen) atoms. The van der Waals surface area contributed by atoms with Gasteiger partial charge in [-0.25, -0.2) is 4.39 Å². The predicted octanol–water partition coefficient (Wildman–Crippen LogP) is 4.64. The highest BCUT2D eigenvalue weighted by atomic mass is 79.9. The molecular weight excluding hydrogens is 331 g/mol. The molecule has 2 aromatic rings. The fourth-order valence-corrected chi connectivity index (χ4v) is 2.70. The van der Waals surface area contributed by atoms with Gasteiger partial charge in [0.15, 0.2) is 0 Å². The Morgan fingerprint density at radius 1 is 1.19 bits per heavy atom. The maximum atomic E-state index is 13.3. The molecule has 0 aliphatic carbocycles. The number of nitrogens with two attached hydrogens (primary N) is 1. The quantitative estimate of drug-likeness (QED) is 0.851. The van der Waals surface area contributed by atoms with Crippen LogP contribution in [-0.4, -0.2) is 13.1 Å². The highest BCUT2D eigenvalue weighted by Gasteiger charge is 2.09. The lowest BCUT2D eigenvalue weighted by atomic mass is 10.0. The standard InChI is InChI=1S/C17H20BrFN2/c1-3-14(20)9-12-7-8-16(11-17(12)18)21(2)15-6-4-5-13(19)10-15/h4-8,10-11,14H,3,9,20H2,1-2H3. The van der Waals surface area contributed by atoms with E-state index in [4.69, 9.17) is 5.73 Å². The molecular formula is C17H20BrFN2. The predicted molar refractivity (Wildman–Crippen MR) is 90.6 cm³/mol. The van der Waals surface area contributed by atoms with Gasteiger partial charge in [0, 0.05) is 28.9 Å². The molecule has 0 saturated heterocycles. The average Bonchev–Trinajstić information content (AvgIpc) is 2.48. The van der Waals surface area contributed by atoms with Gasteiger partial charge in [0.2, 0.25) is 0 Å². The van der Waals surface area contributed by atoms with Crippen molar-refractivity contribution < 1.29 is 4.39 Å². The summed E-state index contributed by atoms with van der Waals surface area (Å²) in [7, 11) is 1.92. The second-order valence-electron chi connectivity index (χ2n) is 5.19. The van der Waals surface area contributed by atoms with Crippen molar-refractivity contribution in [1.29, 1.82) is 0 Å². The number of nitrogens with zero attached hydrogens (tertiary/aromatic N) is 1. The highest BCUT2D eigenvalue weighted by Crippen LogP contribution is 2.29. The Kier molecular flexibility index (Phi) is 5.37. The first-order valence-corrected chi connectivity index (χ1v) is 7.84. The minimum atomic E-state index is -0.232. The maximum absolute atomic E-state index is 13.3. The fraction of sp³-hybridized carbons (Fsp3) is 0.294. The van der Waals surface area contributed by atoms with Crippen molar-refractivity contribution in [3.8, 4) is 0 Å². The molecule has 0 spiro atoms. The van der Waals surface area contributed by atoms with E-state index in [2.05, 4.69) is 28.9 Å². The van der Waals surface area contributed by atoms with Crippen molar-refractivity contribution in [2.24, 2.45) is 5.73 Å². The van der Waals surface area contributed by atoms with Crippen molar-refractivity contribution in [1.82, 2.24) is 0 Å². The largest absolute Gasteiger partial charge is 0.345 e. The lowest BCUT2D eigenvalue weighted by Crippen LogP contribution is -2.21. The zero-order chi connectivity index (χ0) is 15.4. The van der Waals surface area contributed by atoms with Crippen molar-refractivity contribution in [2.45, 2.75) is 25.8 Å². The maximum Gasteiger partial charge on any atom is 0.125 e. The molecule has 4 heteroatoms. The summed E-state index contributed by atoms with van der Waals surface area (Å²) < 4.78 is 14.4. The number of hydrogen-bond donors (Lipinski definition) is 1. The third-order valence-electron chi connectivity index (χ3n) is 3.63. The van der Waals surface area contributed by atoms with Gasteiger partial charge in [0.05, 0.1) is 0 Å². The summed E-state index contributed by atoms with van der Waals surface area (Å²) in [5.41, 5.74) is 9.02. The molecule has 112 valence electrons. The molecule has 0 heterocycles. The van der Waals surface area contributed by atoms with E-state index in [0.717, 1.165) is 28.7 Å². The van der Waals surface area contributed by atoms with Crippen LogP contribution in [0.25, 0.3) is 0 Å². The van der Waals surface area contributed by atoms with Crippen molar-refractivity contribution in [3.63, 3.8) is 0 Å². The van der Waals surface area contributed by atoms with E-state index in [0.29, 0.717) is 0 Å². The Bertz CT molecular complexity index is 615. The van der Waals surface area contributed by atoms with Gasteiger partial charge in [-0.3, -0.25) is 0 Å². The zero-order valence-corrected chi connectivity index (χ0v) is 13.9. The molecule has 0 aliphatic rings. The second-order valence-corrected chi connectivity index (χ2v) is 6.04. The van der Waals surface area contributed by atoms with Gasteiger partial charge in [-0.1, -0.05) is 35.0 Å². The Balaban J connectivity index is 2.23. The monoisotopic (exact) mass is 350 g/mol. The zero-order valence-electron chi connectivity index (χ0n) is 12.3. The van der Waals surface area contributed by atoms with Crippen LogP contribution in [0.5, 0.6) is 0 Å². The van der Waals surface area contributed by atoms with Crippen LogP contribution >= 0.6 is 15.9 Å². The summed E-state index contributed by atoms with van der Waals surface area (Å²) in [6, 6.07) is 12.9. The van der Waals surface area contributed by atoms with E-state index in [1.807, 2.05) is 30.1 Å². The topological polar surface area (TPSA) is 29.3 Å². The molecule has 0 saturated carbocycles. The second kappa shape index (κ2) is 7.05. The number of halogens is 2. The van der Waals surface area contributed by atoms with Crippen molar-refractivity contribution in [3.05, 3.63) is 58.3 Å². The van der Waals surface area contributed by atoms with Gasteiger partial charge in [0.1, 0.15) is 5.82 Å².